The van der Waals surface area contributed by atoms with Gasteiger partial charge in [0.05, 0.1) is 0 Å². The lowest BCUT2D eigenvalue weighted by Gasteiger charge is -2.08. The maximum absolute atomic E-state index is 12.2. The van der Waals surface area contributed by atoms with Crippen LogP contribution in [0.15, 0.2) is 54.6 Å². The zero-order valence-corrected chi connectivity index (χ0v) is 13.5. The summed E-state index contributed by atoms with van der Waals surface area (Å²) in [6.07, 6.45) is 0. The van der Waals surface area contributed by atoms with Gasteiger partial charge in [0.15, 0.2) is 5.82 Å². The van der Waals surface area contributed by atoms with E-state index in [0.29, 0.717) is 17.2 Å². The van der Waals surface area contributed by atoms with Gasteiger partial charge in [0.2, 0.25) is 11.8 Å². The molecule has 0 fully saturated rings. The zero-order chi connectivity index (χ0) is 17.6. The largest absolute Gasteiger partial charge is 0.326 e. The Morgan fingerprint density at radius 2 is 1.60 bits per heavy atom. The molecule has 0 aliphatic heterocycles. The van der Waals surface area contributed by atoms with E-state index >= 15 is 0 Å². The summed E-state index contributed by atoms with van der Waals surface area (Å²) in [5.41, 5.74) is 2.12. The summed E-state index contributed by atoms with van der Waals surface area (Å²) in [5, 5.41) is 16.9. The van der Waals surface area contributed by atoms with Crippen LogP contribution in [0.4, 0.5) is 11.4 Å². The van der Waals surface area contributed by atoms with Crippen LogP contribution in [-0.4, -0.2) is 32.0 Å². The topological polar surface area (TPSA) is 102 Å². The molecular formula is C17H16N6O2. The molecule has 0 bridgehead atoms. The summed E-state index contributed by atoms with van der Waals surface area (Å²) in [4.78, 5) is 23.2. The van der Waals surface area contributed by atoms with Gasteiger partial charge in [-0.1, -0.05) is 30.3 Å². The highest BCUT2D eigenvalue weighted by Crippen LogP contribution is 2.16. The Balaban J connectivity index is 1.66. The number of benzene rings is 2. The third-order valence-corrected chi connectivity index (χ3v) is 3.35. The van der Waals surface area contributed by atoms with Crippen molar-refractivity contribution in [2.24, 2.45) is 0 Å². The van der Waals surface area contributed by atoms with Gasteiger partial charge in [-0.05, 0) is 34.7 Å². The second-order valence-corrected chi connectivity index (χ2v) is 5.33. The van der Waals surface area contributed by atoms with Crippen LogP contribution in [0.3, 0.4) is 0 Å². The minimum absolute atomic E-state index is 0.00925. The number of carbonyl (C=O) groups is 2. The lowest BCUT2D eigenvalue weighted by Crippen LogP contribution is -2.20. The van der Waals surface area contributed by atoms with E-state index in [-0.39, 0.29) is 18.4 Å². The molecule has 0 unspecified atom stereocenters. The van der Waals surface area contributed by atoms with E-state index in [1.807, 2.05) is 30.3 Å². The highest BCUT2D eigenvalue weighted by molar-refractivity contribution is 5.92. The Morgan fingerprint density at radius 1 is 0.960 bits per heavy atom. The van der Waals surface area contributed by atoms with Gasteiger partial charge >= 0.3 is 0 Å². The lowest BCUT2D eigenvalue weighted by atomic mass is 10.2. The first-order valence-electron chi connectivity index (χ1n) is 7.61. The molecule has 0 saturated heterocycles. The first-order chi connectivity index (χ1) is 12.1. The van der Waals surface area contributed by atoms with Crippen LogP contribution in [0.5, 0.6) is 0 Å². The van der Waals surface area contributed by atoms with Crippen molar-refractivity contribution in [2.75, 3.05) is 10.6 Å². The molecule has 8 heteroatoms. The number of carbonyl (C=O) groups excluding carboxylic acids is 2. The fourth-order valence-electron chi connectivity index (χ4n) is 2.28. The molecule has 0 spiro atoms. The van der Waals surface area contributed by atoms with E-state index in [0.717, 1.165) is 5.56 Å². The van der Waals surface area contributed by atoms with Crippen molar-refractivity contribution >= 4 is 23.2 Å². The number of nitrogens with one attached hydrogen (secondary N) is 2. The van der Waals surface area contributed by atoms with Crippen LogP contribution in [0, 0.1) is 0 Å². The number of nitrogens with zero attached hydrogens (tertiary/aromatic N) is 4. The standard InChI is InChI=1S/C17H16N6O2/c1-12(24)18-14-7-9-15(10-8-14)19-16(25)11-23-17(20-21-22-23)13-5-3-2-4-6-13/h2-10H,11H2,1H3,(H,18,24)(H,19,25). The monoisotopic (exact) mass is 336 g/mol. The van der Waals surface area contributed by atoms with E-state index in [1.165, 1.54) is 11.6 Å². The summed E-state index contributed by atoms with van der Waals surface area (Å²) >= 11 is 0. The minimum Gasteiger partial charge on any atom is -0.326 e. The highest BCUT2D eigenvalue weighted by atomic mass is 16.2. The number of hydrogen-bond donors (Lipinski definition) is 2. The molecule has 0 aliphatic rings. The predicted molar refractivity (Wildman–Crippen MR) is 92.6 cm³/mol. The first-order valence-corrected chi connectivity index (χ1v) is 7.61. The van der Waals surface area contributed by atoms with Crippen LogP contribution < -0.4 is 10.6 Å². The molecule has 0 saturated carbocycles. The van der Waals surface area contributed by atoms with Gasteiger partial charge in [-0.15, -0.1) is 5.10 Å². The quantitative estimate of drug-likeness (QED) is 0.741. The third-order valence-electron chi connectivity index (χ3n) is 3.35. The fourth-order valence-corrected chi connectivity index (χ4v) is 2.28. The normalized spacial score (nSPS) is 10.3. The van der Waals surface area contributed by atoms with Gasteiger partial charge in [0.1, 0.15) is 6.54 Å². The number of amides is 2. The SMILES string of the molecule is CC(=O)Nc1ccc(NC(=O)Cn2nnnc2-c2ccccc2)cc1. The molecule has 8 nitrogen and oxygen atoms in total. The van der Waals surface area contributed by atoms with Crippen LogP contribution in [0.2, 0.25) is 0 Å². The van der Waals surface area contributed by atoms with Crippen molar-refractivity contribution in [3.63, 3.8) is 0 Å². The van der Waals surface area contributed by atoms with Crippen molar-refractivity contribution in [1.82, 2.24) is 20.2 Å². The molecule has 0 atom stereocenters. The van der Waals surface area contributed by atoms with E-state index in [2.05, 4.69) is 26.2 Å². The Morgan fingerprint density at radius 3 is 2.24 bits per heavy atom. The maximum atomic E-state index is 12.2. The van der Waals surface area contributed by atoms with E-state index in [9.17, 15) is 9.59 Å². The Bertz CT molecular complexity index is 874. The molecule has 1 aromatic heterocycles. The smallest absolute Gasteiger partial charge is 0.246 e. The minimum atomic E-state index is -0.253. The maximum Gasteiger partial charge on any atom is 0.246 e. The van der Waals surface area contributed by atoms with Gasteiger partial charge in [0.25, 0.3) is 0 Å². The molecule has 3 aromatic rings. The number of rotatable bonds is 5. The highest BCUT2D eigenvalue weighted by Gasteiger charge is 2.12. The molecule has 3 rings (SSSR count). The molecule has 2 aromatic carbocycles. The van der Waals surface area contributed by atoms with E-state index < -0.39 is 0 Å². The van der Waals surface area contributed by atoms with Gasteiger partial charge in [-0.3, -0.25) is 9.59 Å². The molecule has 126 valence electrons. The average molecular weight is 336 g/mol. The molecule has 2 amide bonds. The number of aromatic nitrogens is 4. The third kappa shape index (κ3) is 4.25. The molecule has 2 N–H and O–H groups in total. The van der Waals surface area contributed by atoms with Crippen LogP contribution in [0.25, 0.3) is 11.4 Å². The Kier molecular flexibility index (Phi) is 4.79. The van der Waals surface area contributed by atoms with Crippen molar-refractivity contribution in [3.05, 3.63) is 54.6 Å². The summed E-state index contributed by atoms with van der Waals surface area (Å²) < 4.78 is 1.44. The van der Waals surface area contributed by atoms with Gasteiger partial charge in [-0.2, -0.15) is 0 Å². The van der Waals surface area contributed by atoms with Crippen LogP contribution in [-0.2, 0) is 16.1 Å². The summed E-state index contributed by atoms with van der Waals surface area (Å²) in [6.45, 7) is 1.43. The molecule has 25 heavy (non-hydrogen) atoms. The Labute approximate surface area is 143 Å². The number of tetrazole rings is 1. The van der Waals surface area contributed by atoms with Crippen molar-refractivity contribution in [1.29, 1.82) is 0 Å². The van der Waals surface area contributed by atoms with Gasteiger partial charge in [0, 0.05) is 23.9 Å². The van der Waals surface area contributed by atoms with Crippen LogP contribution in [0.1, 0.15) is 6.92 Å². The summed E-state index contributed by atoms with van der Waals surface area (Å²) in [6, 6.07) is 16.3. The van der Waals surface area contributed by atoms with E-state index in [1.54, 1.807) is 24.3 Å². The van der Waals surface area contributed by atoms with Gasteiger partial charge < -0.3 is 10.6 Å². The van der Waals surface area contributed by atoms with E-state index in [4.69, 9.17) is 0 Å². The van der Waals surface area contributed by atoms with Crippen molar-refractivity contribution in [2.45, 2.75) is 13.5 Å². The van der Waals surface area contributed by atoms with Crippen molar-refractivity contribution in [3.8, 4) is 11.4 Å². The average Bonchev–Trinajstić information content (AvgIpc) is 3.05. The first kappa shape index (κ1) is 16.3. The second-order valence-electron chi connectivity index (χ2n) is 5.33. The van der Waals surface area contributed by atoms with Gasteiger partial charge in [-0.25, -0.2) is 4.68 Å². The molecule has 0 aliphatic carbocycles. The fraction of sp³-hybridized carbons (Fsp3) is 0.118. The zero-order valence-electron chi connectivity index (χ0n) is 13.5. The summed E-state index contributed by atoms with van der Waals surface area (Å²) in [7, 11) is 0. The second kappa shape index (κ2) is 7.35. The molecule has 0 radical (unpaired) electrons. The van der Waals surface area contributed by atoms with Crippen LogP contribution >= 0.6 is 0 Å². The molecule has 1 heterocycles. The predicted octanol–water partition coefficient (Wildman–Crippen LogP) is 1.94. The molecular weight excluding hydrogens is 320 g/mol. The summed E-state index contributed by atoms with van der Waals surface area (Å²) in [5.74, 6) is 0.123. The van der Waals surface area contributed by atoms with Crippen molar-refractivity contribution < 1.29 is 9.59 Å². The number of hydrogen-bond acceptors (Lipinski definition) is 5. The number of anilines is 2. The Hall–Kier alpha value is -3.55. The lowest BCUT2D eigenvalue weighted by molar-refractivity contribution is -0.117.